The van der Waals surface area contributed by atoms with E-state index in [0.29, 0.717) is 0 Å². The number of pyridine rings is 1. The number of carbonyl (C=O) groups excluding carboxylic acids is 1. The van der Waals surface area contributed by atoms with Crippen molar-refractivity contribution in [1.82, 2.24) is 4.98 Å². The third-order valence-electron chi connectivity index (χ3n) is 3.51. The number of benzene rings is 1. The zero-order chi connectivity index (χ0) is 14.0. The first-order valence-corrected chi connectivity index (χ1v) is 6.16. The Bertz CT molecular complexity index is 608. The summed E-state index contributed by atoms with van der Waals surface area (Å²) in [6.45, 7) is 3.58. The van der Waals surface area contributed by atoms with Crippen LogP contribution in [0.4, 0.5) is 0 Å². The van der Waals surface area contributed by atoms with E-state index in [0.717, 1.165) is 16.5 Å². The highest BCUT2D eigenvalue weighted by Gasteiger charge is 2.37. The standard InChI is InChI=1S/C15H18N2O2.ClH/c1-15(2,14(18)19-3)13(16)11-8-9-17-12-7-5-4-6-10(11)12;/h4-9,13H,16H2,1-3H3;1H/t13-;/m0./s1. The number of fused-ring (bicyclic) bond motifs is 1. The summed E-state index contributed by atoms with van der Waals surface area (Å²) in [5.74, 6) is -0.319. The van der Waals surface area contributed by atoms with Gasteiger partial charge in [0.15, 0.2) is 0 Å². The van der Waals surface area contributed by atoms with E-state index in [1.54, 1.807) is 20.0 Å². The van der Waals surface area contributed by atoms with Crippen molar-refractivity contribution in [2.45, 2.75) is 19.9 Å². The van der Waals surface area contributed by atoms with E-state index in [-0.39, 0.29) is 18.4 Å². The summed E-state index contributed by atoms with van der Waals surface area (Å²) < 4.78 is 4.84. The topological polar surface area (TPSA) is 65.2 Å². The average Bonchev–Trinajstić information content (AvgIpc) is 2.44. The van der Waals surface area contributed by atoms with Crippen LogP contribution in [-0.4, -0.2) is 18.1 Å². The van der Waals surface area contributed by atoms with Crippen LogP contribution in [0.25, 0.3) is 10.9 Å². The van der Waals surface area contributed by atoms with Gasteiger partial charge in [-0.05, 0) is 31.5 Å². The van der Waals surface area contributed by atoms with Gasteiger partial charge in [-0.15, -0.1) is 12.4 Å². The van der Waals surface area contributed by atoms with Gasteiger partial charge in [0.25, 0.3) is 0 Å². The molecule has 0 saturated carbocycles. The van der Waals surface area contributed by atoms with Crippen molar-refractivity contribution < 1.29 is 9.53 Å². The molecule has 5 heteroatoms. The SMILES string of the molecule is COC(=O)C(C)(C)[C@@H](N)c1ccnc2ccccc12.Cl. The fraction of sp³-hybridized carbons (Fsp3) is 0.333. The molecule has 4 nitrogen and oxygen atoms in total. The molecule has 0 saturated heterocycles. The summed E-state index contributed by atoms with van der Waals surface area (Å²) in [4.78, 5) is 16.2. The number of methoxy groups -OCH3 is 1. The molecule has 0 radical (unpaired) electrons. The number of nitrogens with zero attached hydrogens (tertiary/aromatic N) is 1. The number of hydrogen-bond donors (Lipinski definition) is 1. The first-order valence-electron chi connectivity index (χ1n) is 6.16. The minimum atomic E-state index is -0.793. The van der Waals surface area contributed by atoms with Gasteiger partial charge < -0.3 is 10.5 Å². The second-order valence-electron chi connectivity index (χ2n) is 5.11. The van der Waals surface area contributed by atoms with Crippen LogP contribution in [0, 0.1) is 5.41 Å². The molecule has 0 aliphatic carbocycles. The van der Waals surface area contributed by atoms with Gasteiger partial charge in [0.1, 0.15) is 0 Å². The van der Waals surface area contributed by atoms with E-state index < -0.39 is 11.5 Å². The van der Waals surface area contributed by atoms with E-state index in [1.165, 1.54) is 7.11 Å². The lowest BCUT2D eigenvalue weighted by atomic mass is 9.80. The Morgan fingerprint density at radius 3 is 2.60 bits per heavy atom. The summed E-state index contributed by atoms with van der Waals surface area (Å²) in [5.41, 5.74) is 7.27. The smallest absolute Gasteiger partial charge is 0.313 e. The van der Waals surface area contributed by atoms with Gasteiger partial charge in [-0.1, -0.05) is 18.2 Å². The van der Waals surface area contributed by atoms with E-state index in [9.17, 15) is 4.79 Å². The lowest BCUT2D eigenvalue weighted by Gasteiger charge is -2.29. The van der Waals surface area contributed by atoms with Crippen LogP contribution in [-0.2, 0) is 9.53 Å². The van der Waals surface area contributed by atoms with Crippen molar-refractivity contribution in [3.8, 4) is 0 Å². The summed E-state index contributed by atoms with van der Waals surface area (Å²) in [6, 6.07) is 9.16. The third kappa shape index (κ3) is 2.76. The Balaban J connectivity index is 0.00000200. The molecule has 0 spiro atoms. The van der Waals surface area contributed by atoms with E-state index in [4.69, 9.17) is 10.5 Å². The van der Waals surface area contributed by atoms with Gasteiger partial charge in [-0.25, -0.2) is 0 Å². The molecule has 20 heavy (non-hydrogen) atoms. The summed E-state index contributed by atoms with van der Waals surface area (Å²) >= 11 is 0. The van der Waals surface area contributed by atoms with Gasteiger partial charge in [-0.2, -0.15) is 0 Å². The van der Waals surface area contributed by atoms with E-state index >= 15 is 0 Å². The maximum Gasteiger partial charge on any atom is 0.313 e. The number of carbonyl (C=O) groups is 1. The summed E-state index contributed by atoms with van der Waals surface area (Å²) in [6.07, 6.45) is 1.71. The number of para-hydroxylation sites is 1. The molecule has 1 aromatic carbocycles. The van der Waals surface area contributed by atoms with E-state index in [2.05, 4.69) is 4.98 Å². The molecule has 0 fully saturated rings. The normalized spacial score (nSPS) is 12.6. The molecule has 0 amide bonds. The van der Waals surface area contributed by atoms with Crippen molar-refractivity contribution in [3.05, 3.63) is 42.1 Å². The molecular formula is C15H19ClN2O2. The maximum atomic E-state index is 11.9. The highest BCUT2D eigenvalue weighted by molar-refractivity contribution is 5.85. The fourth-order valence-corrected chi connectivity index (χ4v) is 2.17. The Labute approximate surface area is 124 Å². The van der Waals surface area contributed by atoms with Crippen molar-refractivity contribution in [1.29, 1.82) is 0 Å². The quantitative estimate of drug-likeness (QED) is 0.884. The molecule has 0 unspecified atom stereocenters. The zero-order valence-corrected chi connectivity index (χ0v) is 12.6. The van der Waals surface area contributed by atoms with Crippen molar-refractivity contribution >= 4 is 29.3 Å². The highest BCUT2D eigenvalue weighted by atomic mass is 35.5. The van der Waals surface area contributed by atoms with Gasteiger partial charge in [0.2, 0.25) is 0 Å². The van der Waals surface area contributed by atoms with Crippen LogP contribution >= 0.6 is 12.4 Å². The van der Waals surface area contributed by atoms with Crippen LogP contribution in [0.5, 0.6) is 0 Å². The predicted molar refractivity (Wildman–Crippen MR) is 81.7 cm³/mol. The van der Waals surface area contributed by atoms with Gasteiger partial charge in [0, 0.05) is 17.6 Å². The molecule has 1 atom stereocenters. The number of rotatable bonds is 3. The molecule has 2 aromatic rings. The minimum absolute atomic E-state index is 0. The molecular weight excluding hydrogens is 276 g/mol. The number of ether oxygens (including phenoxy) is 1. The predicted octanol–water partition coefficient (Wildman–Crippen LogP) is 2.86. The number of nitrogens with two attached hydrogens (primary N) is 1. The molecule has 0 aliphatic heterocycles. The lowest BCUT2D eigenvalue weighted by Crippen LogP contribution is -2.37. The Hall–Kier alpha value is -1.65. The third-order valence-corrected chi connectivity index (χ3v) is 3.51. The van der Waals surface area contributed by atoms with Crippen molar-refractivity contribution in [3.63, 3.8) is 0 Å². The zero-order valence-electron chi connectivity index (χ0n) is 11.8. The molecule has 2 N–H and O–H groups in total. The van der Waals surface area contributed by atoms with E-state index in [1.807, 2.05) is 30.3 Å². The average molecular weight is 295 g/mol. The molecule has 0 bridgehead atoms. The molecule has 0 aliphatic rings. The molecule has 1 heterocycles. The Kier molecular flexibility index (Phi) is 5.09. The molecule has 108 valence electrons. The fourth-order valence-electron chi connectivity index (χ4n) is 2.17. The number of aromatic nitrogens is 1. The number of hydrogen-bond acceptors (Lipinski definition) is 4. The van der Waals surface area contributed by atoms with Crippen LogP contribution in [0.1, 0.15) is 25.5 Å². The maximum absolute atomic E-state index is 11.9. The second-order valence-corrected chi connectivity index (χ2v) is 5.11. The second kappa shape index (κ2) is 6.20. The first-order chi connectivity index (χ1) is 8.98. The van der Waals surface area contributed by atoms with Crippen molar-refractivity contribution in [2.24, 2.45) is 11.1 Å². The Morgan fingerprint density at radius 2 is 1.95 bits per heavy atom. The largest absolute Gasteiger partial charge is 0.469 e. The molecule has 1 aromatic heterocycles. The van der Waals surface area contributed by atoms with Crippen LogP contribution in [0.2, 0.25) is 0 Å². The monoisotopic (exact) mass is 294 g/mol. The number of esters is 1. The van der Waals surface area contributed by atoms with Crippen LogP contribution in [0.3, 0.4) is 0 Å². The Morgan fingerprint density at radius 1 is 1.30 bits per heavy atom. The van der Waals surface area contributed by atoms with Gasteiger partial charge >= 0.3 is 5.97 Å². The van der Waals surface area contributed by atoms with Gasteiger partial charge in [-0.3, -0.25) is 9.78 Å². The van der Waals surface area contributed by atoms with Crippen LogP contribution in [0.15, 0.2) is 36.5 Å². The van der Waals surface area contributed by atoms with Crippen LogP contribution < -0.4 is 5.73 Å². The molecule has 2 rings (SSSR count). The minimum Gasteiger partial charge on any atom is -0.469 e. The van der Waals surface area contributed by atoms with Gasteiger partial charge in [0.05, 0.1) is 18.0 Å². The first kappa shape index (κ1) is 16.4. The highest BCUT2D eigenvalue weighted by Crippen LogP contribution is 2.35. The summed E-state index contributed by atoms with van der Waals surface area (Å²) in [7, 11) is 1.38. The number of halogens is 1. The lowest BCUT2D eigenvalue weighted by molar-refractivity contribution is -0.152. The summed E-state index contributed by atoms with van der Waals surface area (Å²) in [5, 5.41) is 0.967. The van der Waals surface area contributed by atoms with Crippen molar-refractivity contribution in [2.75, 3.05) is 7.11 Å².